The Balaban J connectivity index is 2.22. The molecule has 0 aliphatic carbocycles. The number of benzene rings is 1. The number of thioether (sulfide) groups is 1. The molecule has 1 aromatic carbocycles. The molecule has 0 aliphatic rings. The van der Waals surface area contributed by atoms with Gasteiger partial charge >= 0.3 is 0 Å². The Hall–Kier alpha value is -0.470. The fourth-order valence-corrected chi connectivity index (χ4v) is 2.95. The molecule has 0 saturated heterocycles. The molecule has 1 nitrogen and oxygen atoms in total. The van der Waals surface area contributed by atoms with Gasteiger partial charge in [-0.25, -0.2) is 0 Å². The third-order valence-corrected chi connectivity index (χ3v) is 3.93. The van der Waals surface area contributed by atoms with Crippen molar-refractivity contribution in [1.82, 2.24) is 5.32 Å². The summed E-state index contributed by atoms with van der Waals surface area (Å²) in [5.41, 5.74) is 1.43. The van der Waals surface area contributed by atoms with E-state index in [2.05, 4.69) is 49.5 Å². The predicted octanol–water partition coefficient (Wildman–Crippen LogP) is 4.09. The molecule has 0 radical (unpaired) electrons. The van der Waals surface area contributed by atoms with Gasteiger partial charge < -0.3 is 5.32 Å². The van der Waals surface area contributed by atoms with Crippen LogP contribution in [-0.4, -0.2) is 18.3 Å². The highest BCUT2D eigenvalue weighted by molar-refractivity contribution is 7.98. The fourth-order valence-electron chi connectivity index (χ4n) is 1.83. The maximum atomic E-state index is 3.64. The first kappa shape index (κ1) is 14.6. The Morgan fingerprint density at radius 3 is 2.53 bits per heavy atom. The number of nitrogens with one attached hydrogen (secondary N) is 1. The minimum absolute atomic E-state index is 0.689. The second-order valence-electron chi connectivity index (χ2n) is 4.44. The first-order valence-corrected chi connectivity index (χ1v) is 7.87. The summed E-state index contributed by atoms with van der Waals surface area (Å²) in [4.78, 5) is 0. The van der Waals surface area contributed by atoms with Crippen LogP contribution >= 0.6 is 11.8 Å². The lowest BCUT2D eigenvalue weighted by molar-refractivity contribution is 0.514. The molecule has 1 atom stereocenters. The number of hydrogen-bond donors (Lipinski definition) is 1. The predicted molar refractivity (Wildman–Crippen MR) is 79.6 cm³/mol. The van der Waals surface area contributed by atoms with E-state index in [0.717, 1.165) is 12.3 Å². The van der Waals surface area contributed by atoms with Crippen LogP contribution in [0.1, 0.15) is 38.7 Å². The second kappa shape index (κ2) is 9.55. The van der Waals surface area contributed by atoms with Gasteiger partial charge in [0.25, 0.3) is 0 Å². The molecular weight excluding hydrogens is 226 g/mol. The lowest BCUT2D eigenvalue weighted by Gasteiger charge is -2.17. The molecule has 1 aromatic rings. The molecule has 1 N–H and O–H groups in total. The molecule has 0 aliphatic heterocycles. The van der Waals surface area contributed by atoms with Crippen LogP contribution in [0, 0.1) is 0 Å². The van der Waals surface area contributed by atoms with Gasteiger partial charge in [-0.15, -0.1) is 0 Å². The number of hydrogen-bond acceptors (Lipinski definition) is 2. The van der Waals surface area contributed by atoms with Crippen LogP contribution < -0.4 is 5.32 Å². The van der Waals surface area contributed by atoms with Gasteiger partial charge in [-0.2, -0.15) is 11.8 Å². The Labute approximate surface area is 110 Å². The summed E-state index contributed by atoms with van der Waals surface area (Å²) in [6, 6.07) is 11.4. The van der Waals surface area contributed by atoms with Crippen molar-refractivity contribution in [1.29, 1.82) is 0 Å². The second-order valence-corrected chi connectivity index (χ2v) is 5.47. The Bertz CT molecular complexity index is 274. The highest BCUT2D eigenvalue weighted by atomic mass is 32.2. The zero-order chi connectivity index (χ0) is 12.3. The highest BCUT2D eigenvalue weighted by Gasteiger charge is 2.06. The van der Waals surface area contributed by atoms with Crippen molar-refractivity contribution < 1.29 is 0 Å². The zero-order valence-electron chi connectivity index (χ0n) is 11.1. The van der Waals surface area contributed by atoms with Crippen molar-refractivity contribution in [2.75, 3.05) is 12.3 Å². The summed E-state index contributed by atoms with van der Waals surface area (Å²) in [6.07, 6.45) is 3.79. The minimum Gasteiger partial charge on any atom is -0.313 e. The molecule has 0 fully saturated rings. The molecule has 2 heteroatoms. The van der Waals surface area contributed by atoms with Crippen LogP contribution in [0.5, 0.6) is 0 Å². The van der Waals surface area contributed by atoms with Gasteiger partial charge in [-0.3, -0.25) is 0 Å². The van der Waals surface area contributed by atoms with Gasteiger partial charge in [-0.05, 0) is 24.9 Å². The third-order valence-electron chi connectivity index (χ3n) is 2.75. The lowest BCUT2D eigenvalue weighted by Crippen LogP contribution is -2.31. The summed E-state index contributed by atoms with van der Waals surface area (Å²) in [6.45, 7) is 5.65. The van der Waals surface area contributed by atoms with E-state index in [-0.39, 0.29) is 0 Å². The Kier molecular flexibility index (Phi) is 8.20. The van der Waals surface area contributed by atoms with Crippen molar-refractivity contribution in [3.8, 4) is 0 Å². The molecule has 0 aromatic heterocycles. The lowest BCUT2D eigenvalue weighted by atomic mass is 10.2. The number of rotatable bonds is 9. The van der Waals surface area contributed by atoms with Crippen molar-refractivity contribution in [3.05, 3.63) is 35.9 Å². The van der Waals surface area contributed by atoms with Crippen LogP contribution in [0.15, 0.2) is 30.3 Å². The molecule has 0 spiro atoms. The van der Waals surface area contributed by atoms with E-state index in [9.17, 15) is 0 Å². The molecular formula is C15H25NS. The zero-order valence-corrected chi connectivity index (χ0v) is 11.9. The monoisotopic (exact) mass is 251 g/mol. The summed E-state index contributed by atoms with van der Waals surface area (Å²) in [5.74, 6) is 2.36. The highest BCUT2D eigenvalue weighted by Crippen LogP contribution is 2.14. The average molecular weight is 251 g/mol. The van der Waals surface area contributed by atoms with E-state index in [4.69, 9.17) is 0 Å². The quantitative estimate of drug-likeness (QED) is 0.709. The van der Waals surface area contributed by atoms with E-state index in [1.165, 1.54) is 30.6 Å². The smallest absolute Gasteiger partial charge is 0.0185 e. The topological polar surface area (TPSA) is 12.0 Å². The van der Waals surface area contributed by atoms with Crippen molar-refractivity contribution in [2.45, 2.75) is 44.9 Å². The maximum Gasteiger partial charge on any atom is 0.0185 e. The van der Waals surface area contributed by atoms with Crippen molar-refractivity contribution in [2.24, 2.45) is 0 Å². The maximum absolute atomic E-state index is 3.64. The summed E-state index contributed by atoms with van der Waals surface area (Å²) >= 11 is 2.04. The normalized spacial score (nSPS) is 12.6. The third kappa shape index (κ3) is 6.75. The molecule has 96 valence electrons. The largest absolute Gasteiger partial charge is 0.313 e. The first-order valence-electron chi connectivity index (χ1n) is 6.71. The van der Waals surface area contributed by atoms with Gasteiger partial charge in [-0.1, -0.05) is 50.6 Å². The van der Waals surface area contributed by atoms with Crippen LogP contribution in [0.25, 0.3) is 0 Å². The van der Waals surface area contributed by atoms with Crippen molar-refractivity contribution in [3.63, 3.8) is 0 Å². The molecule has 0 heterocycles. The molecule has 0 amide bonds. The minimum atomic E-state index is 0.689. The van der Waals surface area contributed by atoms with Crippen LogP contribution in [0.3, 0.4) is 0 Å². The molecule has 1 rings (SSSR count). The van der Waals surface area contributed by atoms with Crippen molar-refractivity contribution >= 4 is 11.8 Å². The Morgan fingerprint density at radius 2 is 1.88 bits per heavy atom. The van der Waals surface area contributed by atoms with Crippen LogP contribution in [0.2, 0.25) is 0 Å². The van der Waals surface area contributed by atoms with Gasteiger partial charge in [0.2, 0.25) is 0 Å². The fraction of sp³-hybridized carbons (Fsp3) is 0.600. The van der Waals surface area contributed by atoms with Gasteiger partial charge in [0.1, 0.15) is 0 Å². The van der Waals surface area contributed by atoms with Crippen LogP contribution in [0.4, 0.5) is 0 Å². The SMILES string of the molecule is CCCNC(CCC)CSCc1ccccc1. The average Bonchev–Trinajstić information content (AvgIpc) is 2.37. The van der Waals surface area contributed by atoms with E-state index in [1.807, 2.05) is 11.8 Å². The van der Waals surface area contributed by atoms with E-state index in [1.54, 1.807) is 0 Å². The van der Waals surface area contributed by atoms with E-state index in [0.29, 0.717) is 6.04 Å². The van der Waals surface area contributed by atoms with E-state index >= 15 is 0 Å². The molecule has 0 bridgehead atoms. The van der Waals surface area contributed by atoms with Crippen LogP contribution in [-0.2, 0) is 5.75 Å². The first-order chi connectivity index (χ1) is 8.36. The molecule has 17 heavy (non-hydrogen) atoms. The molecule has 0 saturated carbocycles. The standard InChI is InChI=1S/C15H25NS/c1-3-8-15(16-11-4-2)13-17-12-14-9-6-5-7-10-14/h5-7,9-10,15-16H,3-4,8,11-13H2,1-2H3. The van der Waals surface area contributed by atoms with E-state index < -0.39 is 0 Å². The van der Waals surface area contributed by atoms with Gasteiger partial charge in [0.05, 0.1) is 0 Å². The summed E-state index contributed by atoms with van der Waals surface area (Å²) in [5, 5.41) is 3.64. The van der Waals surface area contributed by atoms with Gasteiger partial charge in [0, 0.05) is 17.5 Å². The molecule has 1 unspecified atom stereocenters. The summed E-state index contributed by atoms with van der Waals surface area (Å²) < 4.78 is 0. The summed E-state index contributed by atoms with van der Waals surface area (Å²) in [7, 11) is 0. The van der Waals surface area contributed by atoms with Gasteiger partial charge in [0.15, 0.2) is 0 Å². The Morgan fingerprint density at radius 1 is 1.12 bits per heavy atom.